The van der Waals surface area contributed by atoms with Crippen molar-refractivity contribution in [3.05, 3.63) is 54.3 Å². The minimum Gasteiger partial charge on any atom is -0.361 e. The van der Waals surface area contributed by atoms with Gasteiger partial charge in [0.05, 0.1) is 0 Å². The molecule has 0 amide bonds. The molecule has 1 aromatic heterocycles. The summed E-state index contributed by atoms with van der Waals surface area (Å²) in [4.78, 5) is 14.3. The van der Waals surface area contributed by atoms with Gasteiger partial charge in [-0.1, -0.05) is 32.1 Å². The first-order chi connectivity index (χ1) is 8.94. The van der Waals surface area contributed by atoms with E-state index in [4.69, 9.17) is 0 Å². The molecule has 0 unspecified atom stereocenters. The van der Waals surface area contributed by atoms with Gasteiger partial charge in [0.1, 0.15) is 0 Å². The van der Waals surface area contributed by atoms with E-state index in [9.17, 15) is 4.79 Å². The quantitative estimate of drug-likeness (QED) is 0.641. The highest BCUT2D eigenvalue weighted by atomic mass is 16.1. The van der Waals surface area contributed by atoms with Gasteiger partial charge in [-0.3, -0.25) is 4.79 Å². The lowest BCUT2D eigenvalue weighted by molar-refractivity contribution is -0.112. The Labute approximate surface area is 113 Å². The van der Waals surface area contributed by atoms with Crippen LogP contribution in [0.3, 0.4) is 0 Å². The van der Waals surface area contributed by atoms with Crippen molar-refractivity contribution in [2.45, 2.75) is 26.2 Å². The number of aromatic amines is 1. The lowest BCUT2D eigenvalue weighted by atomic mass is 9.84. The topological polar surface area (TPSA) is 32.9 Å². The van der Waals surface area contributed by atoms with Crippen LogP contribution in [0.15, 0.2) is 43.1 Å². The molecule has 0 aliphatic carbocycles. The zero-order valence-electron chi connectivity index (χ0n) is 11.7. The van der Waals surface area contributed by atoms with E-state index in [1.165, 1.54) is 10.9 Å². The Morgan fingerprint density at radius 1 is 1.37 bits per heavy atom. The number of fused-ring (bicyclic) bond motifs is 1. The third-order valence-electron chi connectivity index (χ3n) is 3.42. The number of benzene rings is 1. The lowest BCUT2D eigenvalue weighted by Crippen LogP contribution is -2.11. The van der Waals surface area contributed by atoms with Gasteiger partial charge in [-0.15, -0.1) is 6.58 Å². The molecule has 2 heteroatoms. The standard InChI is InChI=1S/C17H19NO/c1-5-17(3,4)15-11-18-16-9-8-13(10-14(15)16)7-6-12(2)19/h5-11,18H,1H2,2-4H3/b7-6+. The normalized spacial score (nSPS) is 12.2. The summed E-state index contributed by atoms with van der Waals surface area (Å²) >= 11 is 0. The molecule has 0 spiro atoms. The maximum absolute atomic E-state index is 11.0. The maximum atomic E-state index is 11.0. The smallest absolute Gasteiger partial charge is 0.152 e. The summed E-state index contributed by atoms with van der Waals surface area (Å²) in [6, 6.07) is 6.15. The fraction of sp³-hybridized carbons (Fsp3) is 0.235. The second-order valence-corrected chi connectivity index (χ2v) is 5.38. The highest BCUT2D eigenvalue weighted by Gasteiger charge is 2.20. The fourth-order valence-corrected chi connectivity index (χ4v) is 2.10. The van der Waals surface area contributed by atoms with Crippen LogP contribution in [-0.4, -0.2) is 10.8 Å². The molecule has 1 aromatic carbocycles. The Morgan fingerprint density at radius 3 is 2.74 bits per heavy atom. The number of ketones is 1. The number of H-pyrrole nitrogens is 1. The highest BCUT2D eigenvalue weighted by Crippen LogP contribution is 2.31. The minimum atomic E-state index is -0.0822. The van der Waals surface area contributed by atoms with Crippen LogP contribution in [0.1, 0.15) is 31.9 Å². The Hall–Kier alpha value is -2.09. The number of rotatable bonds is 4. The van der Waals surface area contributed by atoms with Gasteiger partial charge in [-0.2, -0.15) is 0 Å². The van der Waals surface area contributed by atoms with E-state index in [1.807, 2.05) is 30.5 Å². The van der Waals surface area contributed by atoms with Crippen LogP contribution >= 0.6 is 0 Å². The van der Waals surface area contributed by atoms with Gasteiger partial charge < -0.3 is 4.98 Å². The van der Waals surface area contributed by atoms with Gasteiger partial charge in [0.2, 0.25) is 0 Å². The van der Waals surface area contributed by atoms with Gasteiger partial charge >= 0.3 is 0 Å². The number of aromatic nitrogens is 1. The SMILES string of the molecule is C=CC(C)(C)c1c[nH]c2ccc(/C=C/C(C)=O)cc12. The van der Waals surface area contributed by atoms with E-state index in [1.54, 1.807) is 13.0 Å². The van der Waals surface area contributed by atoms with Crippen LogP contribution in [-0.2, 0) is 10.2 Å². The first-order valence-electron chi connectivity index (χ1n) is 6.38. The summed E-state index contributed by atoms with van der Waals surface area (Å²) in [7, 11) is 0. The molecular weight excluding hydrogens is 234 g/mol. The molecule has 0 radical (unpaired) electrons. The summed E-state index contributed by atoms with van der Waals surface area (Å²) in [5.41, 5.74) is 3.27. The van der Waals surface area contributed by atoms with Gasteiger partial charge in [-0.25, -0.2) is 0 Å². The third kappa shape index (κ3) is 2.68. The molecule has 1 heterocycles. The van der Waals surface area contributed by atoms with Crippen LogP contribution in [0.5, 0.6) is 0 Å². The van der Waals surface area contributed by atoms with Gasteiger partial charge in [0, 0.05) is 22.5 Å². The summed E-state index contributed by atoms with van der Waals surface area (Å²) in [6.07, 6.45) is 7.42. The minimum absolute atomic E-state index is 0.0563. The molecule has 19 heavy (non-hydrogen) atoms. The van der Waals surface area contributed by atoms with E-state index in [2.05, 4.69) is 31.5 Å². The van der Waals surface area contributed by atoms with Crippen molar-refractivity contribution >= 4 is 22.8 Å². The zero-order valence-corrected chi connectivity index (χ0v) is 11.7. The molecule has 0 atom stereocenters. The van der Waals surface area contributed by atoms with Gasteiger partial charge in [-0.05, 0) is 36.3 Å². The molecule has 0 aliphatic rings. The van der Waals surface area contributed by atoms with E-state index in [-0.39, 0.29) is 11.2 Å². The number of hydrogen-bond donors (Lipinski definition) is 1. The first kappa shape index (κ1) is 13.3. The predicted molar refractivity (Wildman–Crippen MR) is 81.2 cm³/mol. The average Bonchev–Trinajstić information content (AvgIpc) is 2.80. The van der Waals surface area contributed by atoms with Crippen molar-refractivity contribution in [3.8, 4) is 0 Å². The molecule has 0 bridgehead atoms. The second kappa shape index (κ2) is 4.88. The van der Waals surface area contributed by atoms with Crippen molar-refractivity contribution in [1.82, 2.24) is 4.98 Å². The van der Waals surface area contributed by atoms with Crippen molar-refractivity contribution in [2.75, 3.05) is 0 Å². The number of nitrogens with one attached hydrogen (secondary N) is 1. The predicted octanol–water partition coefficient (Wildman–Crippen LogP) is 4.23. The van der Waals surface area contributed by atoms with E-state index in [0.717, 1.165) is 11.1 Å². The molecule has 2 nitrogen and oxygen atoms in total. The van der Waals surface area contributed by atoms with Crippen LogP contribution in [0, 0.1) is 0 Å². The van der Waals surface area contributed by atoms with E-state index < -0.39 is 0 Å². The molecule has 2 rings (SSSR count). The Morgan fingerprint density at radius 2 is 2.11 bits per heavy atom. The van der Waals surface area contributed by atoms with Crippen LogP contribution in [0.25, 0.3) is 17.0 Å². The Bertz CT molecular complexity index is 659. The molecule has 0 aliphatic heterocycles. The molecular formula is C17H19NO. The van der Waals surface area contributed by atoms with Gasteiger partial charge in [0.15, 0.2) is 5.78 Å². The summed E-state index contributed by atoms with van der Waals surface area (Å²) in [5.74, 6) is 0.0563. The molecule has 0 fully saturated rings. The lowest BCUT2D eigenvalue weighted by Gasteiger charge is -2.19. The van der Waals surface area contributed by atoms with Crippen molar-refractivity contribution in [2.24, 2.45) is 0 Å². The van der Waals surface area contributed by atoms with Crippen LogP contribution in [0.2, 0.25) is 0 Å². The Kier molecular flexibility index (Phi) is 3.43. The van der Waals surface area contributed by atoms with Crippen molar-refractivity contribution in [3.63, 3.8) is 0 Å². The number of carbonyl (C=O) groups excluding carboxylic acids is 1. The molecule has 0 saturated heterocycles. The molecule has 0 saturated carbocycles. The Balaban J connectivity index is 2.55. The molecule has 2 aromatic rings. The van der Waals surface area contributed by atoms with Crippen LogP contribution < -0.4 is 0 Å². The number of hydrogen-bond acceptors (Lipinski definition) is 1. The maximum Gasteiger partial charge on any atom is 0.152 e. The summed E-state index contributed by atoms with van der Waals surface area (Å²) in [6.45, 7) is 9.74. The number of allylic oxidation sites excluding steroid dienone is 2. The monoisotopic (exact) mass is 253 g/mol. The van der Waals surface area contributed by atoms with E-state index in [0.29, 0.717) is 0 Å². The third-order valence-corrected chi connectivity index (χ3v) is 3.42. The van der Waals surface area contributed by atoms with Gasteiger partial charge in [0.25, 0.3) is 0 Å². The molecule has 1 N–H and O–H groups in total. The zero-order chi connectivity index (χ0) is 14.0. The summed E-state index contributed by atoms with van der Waals surface area (Å²) in [5, 5.41) is 1.18. The van der Waals surface area contributed by atoms with E-state index >= 15 is 0 Å². The largest absolute Gasteiger partial charge is 0.361 e. The van der Waals surface area contributed by atoms with Crippen LogP contribution in [0.4, 0.5) is 0 Å². The second-order valence-electron chi connectivity index (χ2n) is 5.38. The first-order valence-corrected chi connectivity index (χ1v) is 6.38. The van der Waals surface area contributed by atoms with Crippen molar-refractivity contribution < 1.29 is 4.79 Å². The van der Waals surface area contributed by atoms with Crippen molar-refractivity contribution in [1.29, 1.82) is 0 Å². The molecule has 98 valence electrons. The summed E-state index contributed by atoms with van der Waals surface area (Å²) < 4.78 is 0. The average molecular weight is 253 g/mol. The fourth-order valence-electron chi connectivity index (χ4n) is 2.10. The number of carbonyl (C=O) groups is 1. The highest BCUT2D eigenvalue weighted by molar-refractivity contribution is 5.93.